The second-order valence-electron chi connectivity index (χ2n) is 4.35. The first-order valence-electron chi connectivity index (χ1n) is 6.08. The molecule has 0 fully saturated rings. The number of methoxy groups -OCH3 is 1. The molecule has 90 valence electrons. The molecule has 3 nitrogen and oxygen atoms in total. The summed E-state index contributed by atoms with van der Waals surface area (Å²) in [6.07, 6.45) is 7.52. The number of benzene rings is 1. The van der Waals surface area contributed by atoms with Crippen LogP contribution in [0.1, 0.15) is 36.0 Å². The number of hydrogen-bond acceptors (Lipinski definition) is 3. The minimum atomic E-state index is 0.385. The number of nitrogens with zero attached hydrogens (tertiary/aromatic N) is 1. The van der Waals surface area contributed by atoms with E-state index >= 15 is 0 Å². The van der Waals surface area contributed by atoms with E-state index in [1.807, 2.05) is 6.07 Å². The Labute approximate surface area is 102 Å². The van der Waals surface area contributed by atoms with Gasteiger partial charge in [-0.2, -0.15) is 0 Å². The Kier molecular flexibility index (Phi) is 3.94. The normalized spacial score (nSPS) is 14.4. The largest absolute Gasteiger partial charge is 0.496 e. The van der Waals surface area contributed by atoms with E-state index in [0.717, 1.165) is 24.2 Å². The van der Waals surface area contributed by atoms with Crippen molar-refractivity contribution in [1.82, 2.24) is 0 Å². The molecule has 0 atom stereocenters. The van der Waals surface area contributed by atoms with Crippen LogP contribution in [0.15, 0.2) is 17.1 Å². The minimum absolute atomic E-state index is 0.385. The lowest BCUT2D eigenvalue weighted by atomic mass is 9.96. The first-order chi connectivity index (χ1) is 8.36. The van der Waals surface area contributed by atoms with E-state index in [9.17, 15) is 4.79 Å². The highest BCUT2D eigenvalue weighted by molar-refractivity contribution is 5.47. The Balaban J connectivity index is 2.46. The lowest BCUT2D eigenvalue weighted by molar-refractivity contribution is 0.409. The minimum Gasteiger partial charge on any atom is -0.496 e. The topological polar surface area (TPSA) is 38.7 Å². The predicted molar refractivity (Wildman–Crippen MR) is 66.1 cm³/mol. The van der Waals surface area contributed by atoms with Crippen LogP contribution >= 0.6 is 0 Å². The van der Waals surface area contributed by atoms with E-state index in [1.54, 1.807) is 13.2 Å². The maximum absolute atomic E-state index is 10.3. The van der Waals surface area contributed by atoms with Gasteiger partial charge in [-0.25, -0.2) is 9.79 Å². The summed E-state index contributed by atoms with van der Waals surface area (Å²) in [6, 6.07) is 4.13. The van der Waals surface area contributed by atoms with Crippen molar-refractivity contribution in [2.24, 2.45) is 4.99 Å². The molecule has 0 aliphatic heterocycles. The van der Waals surface area contributed by atoms with Crippen LogP contribution in [0.4, 0.5) is 0 Å². The van der Waals surface area contributed by atoms with Gasteiger partial charge in [0.15, 0.2) is 0 Å². The van der Waals surface area contributed by atoms with Gasteiger partial charge in [-0.15, -0.1) is 0 Å². The van der Waals surface area contributed by atoms with Gasteiger partial charge in [0, 0.05) is 5.56 Å². The van der Waals surface area contributed by atoms with Gasteiger partial charge in [-0.05, 0) is 42.9 Å². The van der Waals surface area contributed by atoms with Crippen molar-refractivity contribution in [3.63, 3.8) is 0 Å². The summed E-state index contributed by atoms with van der Waals surface area (Å²) < 4.78 is 5.36. The molecule has 0 bridgehead atoms. The van der Waals surface area contributed by atoms with Crippen LogP contribution in [-0.2, 0) is 24.2 Å². The Morgan fingerprint density at radius 3 is 2.88 bits per heavy atom. The highest BCUT2D eigenvalue weighted by Crippen LogP contribution is 2.30. The zero-order valence-electron chi connectivity index (χ0n) is 10.2. The fraction of sp³-hybridized carbons (Fsp3) is 0.500. The second kappa shape index (κ2) is 5.65. The molecule has 1 aliphatic carbocycles. The van der Waals surface area contributed by atoms with Crippen molar-refractivity contribution in [2.75, 3.05) is 7.11 Å². The Morgan fingerprint density at radius 2 is 2.12 bits per heavy atom. The number of ether oxygens (including phenoxy) is 1. The van der Waals surface area contributed by atoms with E-state index in [0.29, 0.717) is 6.54 Å². The molecule has 1 aliphatic rings. The first kappa shape index (κ1) is 11.9. The van der Waals surface area contributed by atoms with Crippen LogP contribution in [0.3, 0.4) is 0 Å². The van der Waals surface area contributed by atoms with E-state index < -0.39 is 0 Å². The van der Waals surface area contributed by atoms with Gasteiger partial charge in [-0.3, -0.25) is 0 Å². The van der Waals surface area contributed by atoms with Crippen molar-refractivity contribution < 1.29 is 9.53 Å². The smallest absolute Gasteiger partial charge is 0.235 e. The third-order valence-electron chi connectivity index (χ3n) is 3.38. The fourth-order valence-electron chi connectivity index (χ4n) is 2.54. The van der Waals surface area contributed by atoms with Crippen LogP contribution in [0.5, 0.6) is 5.75 Å². The summed E-state index contributed by atoms with van der Waals surface area (Å²) >= 11 is 0. The highest BCUT2D eigenvalue weighted by atomic mass is 16.5. The molecule has 0 aromatic heterocycles. The number of fused-ring (bicyclic) bond motifs is 1. The highest BCUT2D eigenvalue weighted by Gasteiger charge is 2.15. The Hall–Kier alpha value is -1.60. The van der Waals surface area contributed by atoms with Crippen molar-refractivity contribution in [3.05, 3.63) is 28.8 Å². The van der Waals surface area contributed by atoms with Crippen LogP contribution in [0, 0.1) is 0 Å². The number of rotatable bonds is 3. The Bertz CT molecular complexity index is 448. The predicted octanol–water partition coefficient (Wildman–Crippen LogP) is 2.80. The molecule has 1 aromatic carbocycles. The van der Waals surface area contributed by atoms with Crippen LogP contribution in [-0.4, -0.2) is 13.2 Å². The standard InChI is InChI=1S/C14H17NO2/c1-17-14-8-7-11-5-3-2-4-6-12(11)13(14)9-15-10-16/h7-8H,2-6,9H2,1H3. The van der Waals surface area contributed by atoms with Crippen molar-refractivity contribution in [1.29, 1.82) is 0 Å². The van der Waals surface area contributed by atoms with Gasteiger partial charge >= 0.3 is 0 Å². The van der Waals surface area contributed by atoms with Gasteiger partial charge in [0.05, 0.1) is 13.7 Å². The van der Waals surface area contributed by atoms with Crippen LogP contribution in [0.25, 0.3) is 0 Å². The fourth-order valence-corrected chi connectivity index (χ4v) is 2.54. The Morgan fingerprint density at radius 1 is 1.29 bits per heavy atom. The molecule has 0 saturated carbocycles. The summed E-state index contributed by atoms with van der Waals surface area (Å²) in [5.41, 5.74) is 3.79. The maximum Gasteiger partial charge on any atom is 0.235 e. The molecule has 17 heavy (non-hydrogen) atoms. The molecule has 3 heteroatoms. The monoisotopic (exact) mass is 231 g/mol. The molecule has 0 unspecified atom stereocenters. The zero-order chi connectivity index (χ0) is 12.1. The van der Waals surface area contributed by atoms with Crippen LogP contribution in [0.2, 0.25) is 0 Å². The molecule has 0 N–H and O–H groups in total. The van der Waals surface area contributed by atoms with E-state index in [4.69, 9.17) is 4.74 Å². The molecule has 0 heterocycles. The van der Waals surface area contributed by atoms with Crippen molar-refractivity contribution >= 4 is 6.08 Å². The molecule has 0 spiro atoms. The van der Waals surface area contributed by atoms with E-state index in [2.05, 4.69) is 11.1 Å². The number of isocyanates is 1. The summed E-state index contributed by atoms with van der Waals surface area (Å²) in [5.74, 6) is 0.838. The molecular formula is C14H17NO2. The third kappa shape index (κ3) is 2.56. The zero-order valence-corrected chi connectivity index (χ0v) is 10.2. The molecule has 0 radical (unpaired) electrons. The van der Waals surface area contributed by atoms with Gasteiger partial charge < -0.3 is 4.74 Å². The first-order valence-corrected chi connectivity index (χ1v) is 6.08. The average molecular weight is 231 g/mol. The number of carbonyl (C=O) groups excluding carboxylic acids is 1. The lowest BCUT2D eigenvalue weighted by Gasteiger charge is -2.14. The molecular weight excluding hydrogens is 214 g/mol. The third-order valence-corrected chi connectivity index (χ3v) is 3.38. The summed E-state index contributed by atoms with van der Waals surface area (Å²) in [5, 5.41) is 0. The van der Waals surface area contributed by atoms with Crippen molar-refractivity contribution in [3.8, 4) is 5.75 Å². The molecule has 0 amide bonds. The SMILES string of the molecule is COc1ccc2c(c1CN=C=O)CCCCC2. The lowest BCUT2D eigenvalue weighted by Crippen LogP contribution is -2.01. The second-order valence-corrected chi connectivity index (χ2v) is 4.35. The average Bonchev–Trinajstić information content (AvgIpc) is 2.60. The molecule has 2 rings (SSSR count). The summed E-state index contributed by atoms with van der Waals surface area (Å²) in [6.45, 7) is 0.385. The maximum atomic E-state index is 10.3. The van der Waals surface area contributed by atoms with Crippen LogP contribution < -0.4 is 4.74 Å². The van der Waals surface area contributed by atoms with Gasteiger partial charge in [-0.1, -0.05) is 12.5 Å². The number of hydrogen-bond donors (Lipinski definition) is 0. The van der Waals surface area contributed by atoms with Gasteiger partial charge in [0.1, 0.15) is 5.75 Å². The van der Waals surface area contributed by atoms with Gasteiger partial charge in [0.25, 0.3) is 0 Å². The molecule has 0 saturated heterocycles. The van der Waals surface area contributed by atoms with E-state index in [-0.39, 0.29) is 0 Å². The quantitative estimate of drug-likeness (QED) is 0.456. The summed E-state index contributed by atoms with van der Waals surface area (Å²) in [7, 11) is 1.66. The summed E-state index contributed by atoms with van der Waals surface area (Å²) in [4.78, 5) is 14.0. The van der Waals surface area contributed by atoms with Crippen molar-refractivity contribution in [2.45, 2.75) is 38.6 Å². The number of aliphatic imine (C=N–C) groups is 1. The number of aryl methyl sites for hydroxylation is 1. The van der Waals surface area contributed by atoms with E-state index in [1.165, 1.54) is 30.4 Å². The molecule has 1 aromatic rings. The van der Waals surface area contributed by atoms with Gasteiger partial charge in [0.2, 0.25) is 6.08 Å².